The number of rotatable bonds is 63. The van der Waals surface area contributed by atoms with Gasteiger partial charge in [-0.2, -0.15) is 0 Å². The monoisotopic (exact) mass is 1070 g/mol. The fourth-order valence-corrected chi connectivity index (χ4v) is 10.4. The summed E-state index contributed by atoms with van der Waals surface area (Å²) < 4.78 is 5.46. The molecule has 6 nitrogen and oxygen atoms in total. The Morgan fingerprint density at radius 1 is 0.368 bits per heavy atom. The summed E-state index contributed by atoms with van der Waals surface area (Å²) in [7, 11) is 0. The molecule has 0 bridgehead atoms. The quantitative estimate of drug-likeness (QED) is 0.0320. The predicted molar refractivity (Wildman–Crippen MR) is 333 cm³/mol. The summed E-state index contributed by atoms with van der Waals surface area (Å²) in [4.78, 5) is 24.5. The van der Waals surface area contributed by atoms with E-state index < -0.39 is 12.1 Å². The molecule has 1 amide bonds. The third-order valence-corrected chi connectivity index (χ3v) is 15.6. The van der Waals surface area contributed by atoms with Crippen molar-refractivity contribution in [2.24, 2.45) is 0 Å². The van der Waals surface area contributed by atoms with Gasteiger partial charge in [0.05, 0.1) is 25.4 Å². The summed E-state index contributed by atoms with van der Waals surface area (Å²) in [6.45, 7) is 4.88. The maximum atomic E-state index is 12.5. The largest absolute Gasteiger partial charge is 0.466 e. The van der Waals surface area contributed by atoms with Crippen molar-refractivity contribution >= 4 is 11.9 Å². The van der Waals surface area contributed by atoms with Gasteiger partial charge in [-0.1, -0.05) is 313 Å². The van der Waals surface area contributed by atoms with E-state index in [1.165, 1.54) is 283 Å². The van der Waals surface area contributed by atoms with E-state index in [9.17, 15) is 19.8 Å². The van der Waals surface area contributed by atoms with Crippen LogP contribution in [0, 0.1) is 0 Å². The molecule has 0 aliphatic carbocycles. The Kier molecular flexibility index (Phi) is 63.5. The lowest BCUT2D eigenvalue weighted by Crippen LogP contribution is -2.45. The summed E-state index contributed by atoms with van der Waals surface area (Å²) in [5.41, 5.74) is 0. The maximum absolute atomic E-state index is 12.5. The van der Waals surface area contributed by atoms with E-state index in [4.69, 9.17) is 4.74 Å². The molecule has 0 aromatic carbocycles. The second-order valence-electron chi connectivity index (χ2n) is 23.1. The van der Waals surface area contributed by atoms with Crippen LogP contribution in [-0.4, -0.2) is 47.4 Å². The number of allylic oxidation sites excluding steroid dienone is 7. The van der Waals surface area contributed by atoms with Crippen LogP contribution in [-0.2, 0) is 14.3 Å². The van der Waals surface area contributed by atoms with Crippen molar-refractivity contribution in [2.45, 2.75) is 373 Å². The van der Waals surface area contributed by atoms with E-state index in [2.05, 4.69) is 55.6 Å². The van der Waals surface area contributed by atoms with Gasteiger partial charge in [0.2, 0.25) is 5.91 Å². The van der Waals surface area contributed by atoms with Crippen LogP contribution in [0.1, 0.15) is 361 Å². The molecule has 0 aliphatic rings. The van der Waals surface area contributed by atoms with Gasteiger partial charge in [-0.05, 0) is 83.5 Å². The van der Waals surface area contributed by atoms with Crippen molar-refractivity contribution in [3.63, 3.8) is 0 Å². The van der Waals surface area contributed by atoms with Gasteiger partial charge in [0.1, 0.15) is 0 Å². The van der Waals surface area contributed by atoms with Crippen molar-refractivity contribution in [2.75, 3.05) is 13.2 Å². The van der Waals surface area contributed by atoms with E-state index in [0.717, 1.165) is 51.4 Å². The normalized spacial score (nSPS) is 12.8. The van der Waals surface area contributed by atoms with Gasteiger partial charge in [0.15, 0.2) is 0 Å². The van der Waals surface area contributed by atoms with Crippen molar-refractivity contribution in [1.29, 1.82) is 0 Å². The molecule has 0 fully saturated rings. The van der Waals surface area contributed by atoms with Crippen molar-refractivity contribution in [3.8, 4) is 0 Å². The highest BCUT2D eigenvalue weighted by molar-refractivity contribution is 5.76. The fraction of sp³-hybridized carbons (Fsp3) is 0.857. The second kappa shape index (κ2) is 65.3. The summed E-state index contributed by atoms with van der Waals surface area (Å²) in [6, 6.07) is -0.630. The highest BCUT2D eigenvalue weighted by Crippen LogP contribution is 2.18. The van der Waals surface area contributed by atoms with Crippen molar-refractivity contribution < 1.29 is 24.5 Å². The lowest BCUT2D eigenvalue weighted by molar-refractivity contribution is -0.143. The molecule has 2 unspecified atom stereocenters. The van der Waals surface area contributed by atoms with E-state index in [1.807, 2.05) is 6.08 Å². The Balaban J connectivity index is 3.44. The number of amides is 1. The molecular formula is C70H131NO5. The Bertz CT molecular complexity index is 1270. The molecule has 0 rings (SSSR count). The summed E-state index contributed by atoms with van der Waals surface area (Å²) >= 11 is 0. The van der Waals surface area contributed by atoms with Crippen molar-refractivity contribution in [1.82, 2.24) is 5.32 Å². The number of unbranched alkanes of at least 4 members (excludes halogenated alkanes) is 46. The van der Waals surface area contributed by atoms with Crippen LogP contribution in [0.5, 0.6) is 0 Å². The molecule has 0 saturated heterocycles. The van der Waals surface area contributed by atoms with Gasteiger partial charge in [-0.15, -0.1) is 0 Å². The van der Waals surface area contributed by atoms with Crippen LogP contribution < -0.4 is 5.32 Å². The van der Waals surface area contributed by atoms with E-state index in [1.54, 1.807) is 6.08 Å². The van der Waals surface area contributed by atoms with Crippen LogP contribution in [0.4, 0.5) is 0 Å². The van der Waals surface area contributed by atoms with Crippen molar-refractivity contribution in [3.05, 3.63) is 48.6 Å². The number of aliphatic hydroxyl groups excluding tert-OH is 2. The molecule has 0 heterocycles. The standard InChI is InChI=1S/C70H131NO5/c1-3-5-7-9-11-13-15-16-17-18-30-33-36-39-43-46-50-54-58-62-68(73)67(66-72)71-69(74)63-59-55-51-47-44-40-37-34-31-28-26-24-22-20-19-21-23-25-27-29-32-35-38-41-45-49-53-57-61-65-76-70(75)64-60-56-52-48-42-14-12-10-8-6-4-2/h10,12,19,21,25,27,58,62,67-68,72-73H,3-9,11,13-18,20,22-24,26,28-57,59-61,63-66H2,1-2H3,(H,71,74)/b12-10-,21-19-,27-25-,62-58+. The molecule has 0 aliphatic heterocycles. The maximum Gasteiger partial charge on any atom is 0.305 e. The third kappa shape index (κ3) is 61.0. The first-order valence-corrected chi connectivity index (χ1v) is 33.9. The Morgan fingerprint density at radius 3 is 1.05 bits per heavy atom. The molecule has 0 aromatic heterocycles. The summed E-state index contributed by atoms with van der Waals surface area (Å²) in [6.07, 6.45) is 84.6. The molecule has 3 N–H and O–H groups in total. The first kappa shape index (κ1) is 73.8. The van der Waals surface area contributed by atoms with Crippen LogP contribution in [0.25, 0.3) is 0 Å². The SMILES string of the molecule is CCCC/C=C\CCCCCCCC(=O)OCCCCCCCCCCC/C=C\C/C=C\CCCCCCCCCCCCCCCC(=O)NC(CO)C(O)/C=C/CCCCCCCCCCCCCCCCCCC. The molecule has 0 radical (unpaired) electrons. The topological polar surface area (TPSA) is 95.9 Å². The average Bonchev–Trinajstić information content (AvgIpc) is 3.42. The smallest absolute Gasteiger partial charge is 0.305 e. The molecule has 0 aromatic rings. The summed E-state index contributed by atoms with van der Waals surface area (Å²) in [5.74, 6) is -0.0661. The van der Waals surface area contributed by atoms with Gasteiger partial charge in [0, 0.05) is 12.8 Å². The zero-order valence-electron chi connectivity index (χ0n) is 51.0. The van der Waals surface area contributed by atoms with Crippen LogP contribution in [0.2, 0.25) is 0 Å². The van der Waals surface area contributed by atoms with Gasteiger partial charge < -0.3 is 20.3 Å². The number of carbonyl (C=O) groups excluding carboxylic acids is 2. The third-order valence-electron chi connectivity index (χ3n) is 15.6. The highest BCUT2D eigenvalue weighted by atomic mass is 16.5. The predicted octanol–water partition coefficient (Wildman–Crippen LogP) is 21.7. The number of ether oxygens (including phenoxy) is 1. The minimum absolute atomic E-state index is 0.000435. The molecule has 2 atom stereocenters. The number of aliphatic hydroxyl groups is 2. The zero-order chi connectivity index (χ0) is 55.0. The lowest BCUT2D eigenvalue weighted by Gasteiger charge is -2.20. The zero-order valence-corrected chi connectivity index (χ0v) is 51.0. The van der Waals surface area contributed by atoms with Gasteiger partial charge >= 0.3 is 5.97 Å². The van der Waals surface area contributed by atoms with Crippen LogP contribution >= 0.6 is 0 Å². The Hall–Kier alpha value is -2.18. The Labute approximate surface area is 474 Å². The molecule has 6 heteroatoms. The number of hydrogen-bond donors (Lipinski definition) is 3. The molecule has 0 spiro atoms. The van der Waals surface area contributed by atoms with Gasteiger partial charge in [0.25, 0.3) is 0 Å². The molecule has 446 valence electrons. The van der Waals surface area contributed by atoms with Gasteiger partial charge in [-0.3, -0.25) is 9.59 Å². The minimum atomic E-state index is -0.846. The fourth-order valence-electron chi connectivity index (χ4n) is 10.4. The molecule has 76 heavy (non-hydrogen) atoms. The molecule has 0 saturated carbocycles. The van der Waals surface area contributed by atoms with E-state index in [-0.39, 0.29) is 18.5 Å². The summed E-state index contributed by atoms with van der Waals surface area (Å²) in [5, 5.41) is 23.2. The minimum Gasteiger partial charge on any atom is -0.466 e. The molecular weight excluding hydrogens is 935 g/mol. The van der Waals surface area contributed by atoms with E-state index in [0.29, 0.717) is 19.4 Å². The number of hydrogen-bond acceptors (Lipinski definition) is 5. The first-order chi connectivity index (χ1) is 37.5. The average molecular weight is 1070 g/mol. The lowest BCUT2D eigenvalue weighted by atomic mass is 10.0. The van der Waals surface area contributed by atoms with Crippen LogP contribution in [0.3, 0.4) is 0 Å². The van der Waals surface area contributed by atoms with E-state index >= 15 is 0 Å². The first-order valence-electron chi connectivity index (χ1n) is 33.9. The number of esters is 1. The second-order valence-corrected chi connectivity index (χ2v) is 23.1. The number of carbonyl (C=O) groups is 2. The van der Waals surface area contributed by atoms with Gasteiger partial charge in [-0.25, -0.2) is 0 Å². The number of nitrogens with one attached hydrogen (secondary N) is 1. The Morgan fingerprint density at radius 2 is 0.671 bits per heavy atom. The van der Waals surface area contributed by atoms with Crippen LogP contribution in [0.15, 0.2) is 48.6 Å². The highest BCUT2D eigenvalue weighted by Gasteiger charge is 2.18.